The number of fused-ring (bicyclic) bond motifs is 2. The minimum absolute atomic E-state index is 0.449. The second-order valence-electron chi connectivity index (χ2n) is 5.41. The van der Waals surface area contributed by atoms with Gasteiger partial charge in [-0.2, -0.15) is 5.26 Å². The van der Waals surface area contributed by atoms with Gasteiger partial charge in [-0.3, -0.25) is 0 Å². The Morgan fingerprint density at radius 2 is 2.11 bits per heavy atom. The van der Waals surface area contributed by atoms with Gasteiger partial charge in [0.25, 0.3) is 0 Å². The number of hydrogen-bond donors (Lipinski definition) is 2. The van der Waals surface area contributed by atoms with Crippen LogP contribution in [0, 0.1) is 18.3 Å². The van der Waals surface area contributed by atoms with Crippen molar-refractivity contribution < 1.29 is 0 Å². The summed E-state index contributed by atoms with van der Waals surface area (Å²) in [7, 11) is 0. The van der Waals surface area contributed by atoms with Crippen LogP contribution < -0.4 is 10.6 Å². The lowest BCUT2D eigenvalue weighted by atomic mass is 9.99. The molecule has 0 radical (unpaired) electrons. The number of rotatable bonds is 2. The molecule has 3 heterocycles. The Kier molecular flexibility index (Phi) is 2.92. The summed E-state index contributed by atoms with van der Waals surface area (Å²) in [4.78, 5) is 4.32. The molecule has 0 saturated carbocycles. The van der Waals surface area contributed by atoms with Crippen molar-refractivity contribution in [1.82, 2.24) is 10.3 Å². The Morgan fingerprint density at radius 3 is 2.78 bits per heavy atom. The average Bonchev–Trinajstić information content (AvgIpc) is 2.69. The van der Waals surface area contributed by atoms with Crippen LogP contribution in [0.25, 0.3) is 0 Å². The summed E-state index contributed by atoms with van der Waals surface area (Å²) in [6.45, 7) is 1.96. The Morgan fingerprint density at radius 1 is 1.39 bits per heavy atom. The smallest absolute Gasteiger partial charge is 0.144 e. The monoisotopic (exact) mass is 242 g/mol. The van der Waals surface area contributed by atoms with Gasteiger partial charge in [0.1, 0.15) is 11.9 Å². The molecule has 0 amide bonds. The highest BCUT2D eigenvalue weighted by atomic mass is 15.1. The van der Waals surface area contributed by atoms with Crippen molar-refractivity contribution in [3.8, 4) is 6.07 Å². The second kappa shape index (κ2) is 4.58. The van der Waals surface area contributed by atoms with Crippen molar-refractivity contribution in [3.63, 3.8) is 0 Å². The van der Waals surface area contributed by atoms with Gasteiger partial charge in [0.15, 0.2) is 0 Å². The lowest BCUT2D eigenvalue weighted by Gasteiger charge is -2.30. The summed E-state index contributed by atoms with van der Waals surface area (Å²) in [5, 5.41) is 16.3. The van der Waals surface area contributed by atoms with Crippen molar-refractivity contribution in [2.75, 3.05) is 5.32 Å². The maximum atomic E-state index is 9.20. The number of aryl methyl sites for hydroxylation is 1. The molecule has 2 aliphatic rings. The number of nitrogens with one attached hydrogen (secondary N) is 2. The van der Waals surface area contributed by atoms with E-state index in [0.29, 0.717) is 23.7 Å². The number of pyridine rings is 1. The number of piperidine rings is 1. The van der Waals surface area contributed by atoms with Gasteiger partial charge in [0, 0.05) is 24.3 Å². The van der Waals surface area contributed by atoms with E-state index in [1.165, 1.54) is 12.8 Å². The van der Waals surface area contributed by atoms with Crippen molar-refractivity contribution in [3.05, 3.63) is 23.4 Å². The maximum Gasteiger partial charge on any atom is 0.144 e. The first-order chi connectivity index (χ1) is 8.76. The average molecular weight is 242 g/mol. The molecule has 2 saturated heterocycles. The Bertz CT molecular complexity index is 479. The van der Waals surface area contributed by atoms with E-state index < -0.39 is 0 Å². The van der Waals surface area contributed by atoms with E-state index in [-0.39, 0.29) is 0 Å². The van der Waals surface area contributed by atoms with Crippen LogP contribution in [0.1, 0.15) is 36.8 Å². The third-order valence-corrected chi connectivity index (χ3v) is 4.09. The molecule has 2 N–H and O–H groups in total. The van der Waals surface area contributed by atoms with Crippen LogP contribution in [0.4, 0.5) is 5.82 Å². The first-order valence-corrected chi connectivity index (χ1v) is 6.64. The minimum atomic E-state index is 0.449. The molecule has 3 rings (SSSR count). The first kappa shape index (κ1) is 11.5. The number of nitriles is 1. The Hall–Kier alpha value is -1.60. The molecule has 2 bridgehead atoms. The van der Waals surface area contributed by atoms with Gasteiger partial charge in [0.2, 0.25) is 0 Å². The Labute approximate surface area is 107 Å². The molecule has 1 aromatic rings. The lowest BCUT2D eigenvalue weighted by molar-refractivity contribution is 0.377. The fraction of sp³-hybridized carbons (Fsp3) is 0.571. The molecular weight excluding hydrogens is 224 g/mol. The summed E-state index contributed by atoms with van der Waals surface area (Å²) in [5.41, 5.74) is 1.68. The zero-order chi connectivity index (χ0) is 12.5. The molecule has 2 atom stereocenters. The normalized spacial score (nSPS) is 29.9. The van der Waals surface area contributed by atoms with E-state index in [1.54, 1.807) is 6.20 Å². The standard InChI is InChI=1S/C14H18N4/c1-9-4-5-16-14(13(9)8-15)18-12-6-10-2-3-11(7-12)17-10/h4-5,10-12,17H,2-3,6-7H2,1H3,(H,16,18). The molecule has 94 valence electrons. The summed E-state index contributed by atoms with van der Waals surface area (Å²) in [6, 6.07) is 5.88. The zero-order valence-corrected chi connectivity index (χ0v) is 10.6. The number of hydrogen-bond acceptors (Lipinski definition) is 4. The zero-order valence-electron chi connectivity index (χ0n) is 10.6. The van der Waals surface area contributed by atoms with Gasteiger partial charge in [-0.05, 0) is 44.2 Å². The van der Waals surface area contributed by atoms with Crippen LogP contribution in [0.5, 0.6) is 0 Å². The van der Waals surface area contributed by atoms with Crippen molar-refractivity contribution in [1.29, 1.82) is 5.26 Å². The van der Waals surface area contributed by atoms with E-state index in [1.807, 2.05) is 13.0 Å². The number of aromatic nitrogens is 1. The van der Waals surface area contributed by atoms with Crippen LogP contribution in [0.3, 0.4) is 0 Å². The molecule has 2 aliphatic heterocycles. The Balaban J connectivity index is 1.77. The van der Waals surface area contributed by atoms with Gasteiger partial charge in [0.05, 0.1) is 5.56 Å². The molecule has 0 aromatic carbocycles. The number of anilines is 1. The second-order valence-corrected chi connectivity index (χ2v) is 5.41. The van der Waals surface area contributed by atoms with Crippen molar-refractivity contribution >= 4 is 5.82 Å². The molecule has 4 heteroatoms. The van der Waals surface area contributed by atoms with Gasteiger partial charge in [-0.1, -0.05) is 0 Å². The van der Waals surface area contributed by atoms with Gasteiger partial charge in [-0.15, -0.1) is 0 Å². The summed E-state index contributed by atoms with van der Waals surface area (Å²) in [6.07, 6.45) is 6.62. The van der Waals surface area contributed by atoms with Crippen LogP contribution >= 0.6 is 0 Å². The predicted molar refractivity (Wildman–Crippen MR) is 70.3 cm³/mol. The van der Waals surface area contributed by atoms with E-state index >= 15 is 0 Å². The number of nitrogens with zero attached hydrogens (tertiary/aromatic N) is 2. The molecule has 0 spiro atoms. The fourth-order valence-corrected chi connectivity index (χ4v) is 3.18. The summed E-state index contributed by atoms with van der Waals surface area (Å²) >= 11 is 0. The first-order valence-electron chi connectivity index (χ1n) is 6.64. The molecule has 18 heavy (non-hydrogen) atoms. The highest BCUT2D eigenvalue weighted by Crippen LogP contribution is 2.29. The van der Waals surface area contributed by atoms with Gasteiger partial charge >= 0.3 is 0 Å². The van der Waals surface area contributed by atoms with Gasteiger partial charge < -0.3 is 10.6 Å². The van der Waals surface area contributed by atoms with E-state index in [0.717, 1.165) is 24.2 Å². The fourth-order valence-electron chi connectivity index (χ4n) is 3.18. The molecule has 1 aromatic heterocycles. The predicted octanol–water partition coefficient (Wildman–Crippen LogP) is 1.96. The highest BCUT2D eigenvalue weighted by molar-refractivity contribution is 5.55. The minimum Gasteiger partial charge on any atom is -0.366 e. The molecule has 4 nitrogen and oxygen atoms in total. The van der Waals surface area contributed by atoms with E-state index in [9.17, 15) is 5.26 Å². The van der Waals surface area contributed by atoms with Crippen molar-refractivity contribution in [2.45, 2.75) is 50.7 Å². The SMILES string of the molecule is Cc1ccnc(NC2CC3CCC(C2)N3)c1C#N. The van der Waals surface area contributed by atoms with Crippen LogP contribution in [-0.4, -0.2) is 23.1 Å². The van der Waals surface area contributed by atoms with Gasteiger partial charge in [-0.25, -0.2) is 4.98 Å². The summed E-state index contributed by atoms with van der Waals surface area (Å²) in [5.74, 6) is 0.754. The van der Waals surface area contributed by atoms with Crippen LogP contribution in [0.15, 0.2) is 12.3 Å². The largest absolute Gasteiger partial charge is 0.366 e. The van der Waals surface area contributed by atoms with Crippen LogP contribution in [-0.2, 0) is 0 Å². The highest BCUT2D eigenvalue weighted by Gasteiger charge is 2.33. The third kappa shape index (κ3) is 2.06. The van der Waals surface area contributed by atoms with Crippen LogP contribution in [0.2, 0.25) is 0 Å². The quantitative estimate of drug-likeness (QED) is 0.832. The van der Waals surface area contributed by atoms with Crippen molar-refractivity contribution in [2.24, 2.45) is 0 Å². The lowest BCUT2D eigenvalue weighted by Crippen LogP contribution is -2.43. The molecule has 2 fully saturated rings. The third-order valence-electron chi connectivity index (χ3n) is 4.09. The topological polar surface area (TPSA) is 60.7 Å². The summed E-state index contributed by atoms with van der Waals surface area (Å²) < 4.78 is 0. The molecule has 2 unspecified atom stereocenters. The van der Waals surface area contributed by atoms with E-state index in [2.05, 4.69) is 21.7 Å². The molecular formula is C14H18N4. The maximum absolute atomic E-state index is 9.20. The van der Waals surface area contributed by atoms with E-state index in [4.69, 9.17) is 0 Å². The molecule has 0 aliphatic carbocycles.